The van der Waals surface area contributed by atoms with Crippen LogP contribution in [0.25, 0.3) is 0 Å². The molecule has 0 aliphatic carbocycles. The zero-order chi connectivity index (χ0) is 11.1. The van der Waals surface area contributed by atoms with Gasteiger partial charge in [0.1, 0.15) is 12.4 Å². The second kappa shape index (κ2) is 5.96. The Morgan fingerprint density at radius 1 is 1.27 bits per heavy atom. The molecule has 0 aromatic heterocycles. The summed E-state index contributed by atoms with van der Waals surface area (Å²) in [6.45, 7) is 6.60. The number of benzene rings is 1. The van der Waals surface area contributed by atoms with Crippen LogP contribution in [0.4, 0.5) is 0 Å². The number of rotatable bonds is 6. The molecule has 0 amide bonds. The highest BCUT2D eigenvalue weighted by molar-refractivity contribution is 5.45. The van der Waals surface area contributed by atoms with E-state index in [4.69, 9.17) is 14.2 Å². The van der Waals surface area contributed by atoms with Gasteiger partial charge in [0.15, 0.2) is 11.5 Å². The van der Waals surface area contributed by atoms with Gasteiger partial charge in [-0.05, 0) is 19.1 Å². The Kier molecular flexibility index (Phi) is 4.54. The van der Waals surface area contributed by atoms with E-state index >= 15 is 0 Å². The van der Waals surface area contributed by atoms with E-state index in [0.717, 1.165) is 5.75 Å². The third-order valence-electron chi connectivity index (χ3n) is 1.80. The van der Waals surface area contributed by atoms with Gasteiger partial charge < -0.3 is 14.2 Å². The monoisotopic (exact) mass is 208 g/mol. The Morgan fingerprint density at radius 2 is 2.07 bits per heavy atom. The summed E-state index contributed by atoms with van der Waals surface area (Å²) in [5.74, 6) is 2.16. The molecule has 0 atom stereocenters. The number of ether oxygens (including phenoxy) is 3. The van der Waals surface area contributed by atoms with Crippen LogP contribution in [0.15, 0.2) is 30.9 Å². The molecule has 0 spiro atoms. The van der Waals surface area contributed by atoms with Crippen molar-refractivity contribution in [1.82, 2.24) is 0 Å². The van der Waals surface area contributed by atoms with Crippen molar-refractivity contribution >= 4 is 0 Å². The van der Waals surface area contributed by atoms with Crippen LogP contribution in [0.3, 0.4) is 0 Å². The van der Waals surface area contributed by atoms with Gasteiger partial charge in [0.25, 0.3) is 0 Å². The minimum absolute atomic E-state index is 0.484. The first-order valence-corrected chi connectivity index (χ1v) is 4.86. The maximum Gasteiger partial charge on any atom is 0.164 e. The highest BCUT2D eigenvalue weighted by atomic mass is 16.5. The molecule has 0 aliphatic heterocycles. The molecule has 82 valence electrons. The van der Waals surface area contributed by atoms with E-state index < -0.39 is 0 Å². The SMILES string of the molecule is C=CCOc1ccc(OC)c(OCC)c1. The second-order valence-corrected chi connectivity index (χ2v) is 2.85. The zero-order valence-corrected chi connectivity index (χ0v) is 9.16. The quantitative estimate of drug-likeness (QED) is 0.673. The number of hydrogen-bond donors (Lipinski definition) is 0. The molecule has 1 aromatic carbocycles. The van der Waals surface area contributed by atoms with E-state index in [1.165, 1.54) is 0 Å². The average molecular weight is 208 g/mol. The van der Waals surface area contributed by atoms with Crippen LogP contribution < -0.4 is 14.2 Å². The summed E-state index contributed by atoms with van der Waals surface area (Å²) in [6, 6.07) is 5.47. The first-order chi connectivity index (χ1) is 7.31. The molecule has 0 heterocycles. The highest BCUT2D eigenvalue weighted by Gasteiger charge is 2.05. The summed E-state index contributed by atoms with van der Waals surface area (Å²) >= 11 is 0. The van der Waals surface area contributed by atoms with E-state index in [1.807, 2.05) is 25.1 Å². The van der Waals surface area contributed by atoms with Crippen molar-refractivity contribution in [3.05, 3.63) is 30.9 Å². The Labute approximate surface area is 90.3 Å². The molecule has 1 rings (SSSR count). The fourth-order valence-corrected chi connectivity index (χ4v) is 1.17. The molecule has 0 unspecified atom stereocenters. The first kappa shape index (κ1) is 11.4. The van der Waals surface area contributed by atoms with Gasteiger partial charge in [0.05, 0.1) is 13.7 Å². The van der Waals surface area contributed by atoms with E-state index in [2.05, 4.69) is 6.58 Å². The molecule has 3 nitrogen and oxygen atoms in total. The molecule has 0 saturated heterocycles. The fourth-order valence-electron chi connectivity index (χ4n) is 1.17. The van der Waals surface area contributed by atoms with Gasteiger partial charge in [-0.3, -0.25) is 0 Å². The Bertz CT molecular complexity index is 321. The lowest BCUT2D eigenvalue weighted by atomic mass is 10.3. The van der Waals surface area contributed by atoms with Crippen LogP contribution >= 0.6 is 0 Å². The molecule has 0 radical (unpaired) electrons. The summed E-state index contributed by atoms with van der Waals surface area (Å²) in [6.07, 6.45) is 1.70. The molecule has 0 N–H and O–H groups in total. The molecule has 0 bridgehead atoms. The van der Waals surface area contributed by atoms with Gasteiger partial charge >= 0.3 is 0 Å². The van der Waals surface area contributed by atoms with E-state index in [9.17, 15) is 0 Å². The molecule has 15 heavy (non-hydrogen) atoms. The Balaban J connectivity index is 2.83. The second-order valence-electron chi connectivity index (χ2n) is 2.85. The van der Waals surface area contributed by atoms with Crippen molar-refractivity contribution in [1.29, 1.82) is 0 Å². The van der Waals surface area contributed by atoms with Crippen molar-refractivity contribution in [3.63, 3.8) is 0 Å². The lowest BCUT2D eigenvalue weighted by Gasteiger charge is -2.11. The van der Waals surface area contributed by atoms with Gasteiger partial charge in [-0.25, -0.2) is 0 Å². The van der Waals surface area contributed by atoms with E-state index in [-0.39, 0.29) is 0 Å². The summed E-state index contributed by atoms with van der Waals surface area (Å²) < 4.78 is 16.0. The summed E-state index contributed by atoms with van der Waals surface area (Å²) in [5, 5.41) is 0. The molecule has 0 saturated carbocycles. The third-order valence-corrected chi connectivity index (χ3v) is 1.80. The summed E-state index contributed by atoms with van der Waals surface area (Å²) in [4.78, 5) is 0. The topological polar surface area (TPSA) is 27.7 Å². The van der Waals surface area contributed by atoms with Crippen LogP contribution in [0, 0.1) is 0 Å². The Hall–Kier alpha value is -1.64. The molecular weight excluding hydrogens is 192 g/mol. The number of hydrogen-bond acceptors (Lipinski definition) is 3. The van der Waals surface area contributed by atoms with Crippen LogP contribution in [-0.2, 0) is 0 Å². The van der Waals surface area contributed by atoms with Crippen molar-refractivity contribution in [2.24, 2.45) is 0 Å². The van der Waals surface area contributed by atoms with E-state index in [1.54, 1.807) is 13.2 Å². The molecule has 3 heteroatoms. The minimum atomic E-state index is 0.484. The molecule has 1 aromatic rings. The van der Waals surface area contributed by atoms with Crippen molar-refractivity contribution in [2.45, 2.75) is 6.92 Å². The van der Waals surface area contributed by atoms with Crippen molar-refractivity contribution in [3.8, 4) is 17.2 Å². The summed E-state index contributed by atoms with van der Waals surface area (Å²) in [7, 11) is 1.61. The van der Waals surface area contributed by atoms with Gasteiger partial charge in [-0.2, -0.15) is 0 Å². The van der Waals surface area contributed by atoms with Gasteiger partial charge in [-0.1, -0.05) is 12.7 Å². The minimum Gasteiger partial charge on any atom is -0.493 e. The Morgan fingerprint density at radius 3 is 2.67 bits per heavy atom. The lowest BCUT2D eigenvalue weighted by molar-refractivity contribution is 0.305. The lowest BCUT2D eigenvalue weighted by Crippen LogP contribution is -1.97. The highest BCUT2D eigenvalue weighted by Crippen LogP contribution is 2.31. The smallest absolute Gasteiger partial charge is 0.164 e. The zero-order valence-electron chi connectivity index (χ0n) is 9.16. The van der Waals surface area contributed by atoms with Crippen LogP contribution in [0.1, 0.15) is 6.92 Å². The third kappa shape index (κ3) is 3.20. The molecule has 0 aliphatic rings. The predicted octanol–water partition coefficient (Wildman–Crippen LogP) is 2.66. The molecular formula is C12H16O3. The maximum atomic E-state index is 5.42. The maximum absolute atomic E-state index is 5.42. The largest absolute Gasteiger partial charge is 0.493 e. The predicted molar refractivity (Wildman–Crippen MR) is 59.9 cm³/mol. The number of methoxy groups -OCH3 is 1. The molecule has 0 fully saturated rings. The van der Waals surface area contributed by atoms with Crippen LogP contribution in [0.5, 0.6) is 17.2 Å². The normalized spacial score (nSPS) is 9.47. The van der Waals surface area contributed by atoms with Gasteiger partial charge in [-0.15, -0.1) is 0 Å². The van der Waals surface area contributed by atoms with Crippen LogP contribution in [0.2, 0.25) is 0 Å². The standard InChI is InChI=1S/C12H16O3/c1-4-8-15-10-6-7-11(13-3)12(9-10)14-5-2/h4,6-7,9H,1,5,8H2,2-3H3. The van der Waals surface area contributed by atoms with Crippen molar-refractivity contribution in [2.75, 3.05) is 20.3 Å². The average Bonchev–Trinajstić information content (AvgIpc) is 2.27. The van der Waals surface area contributed by atoms with E-state index in [0.29, 0.717) is 24.7 Å². The first-order valence-electron chi connectivity index (χ1n) is 4.86. The fraction of sp³-hybridized carbons (Fsp3) is 0.333. The van der Waals surface area contributed by atoms with Crippen molar-refractivity contribution < 1.29 is 14.2 Å². The summed E-state index contributed by atoms with van der Waals surface area (Å²) in [5.41, 5.74) is 0. The van der Waals surface area contributed by atoms with Crippen LogP contribution in [-0.4, -0.2) is 20.3 Å². The van der Waals surface area contributed by atoms with Gasteiger partial charge in [0, 0.05) is 6.07 Å². The van der Waals surface area contributed by atoms with Gasteiger partial charge in [0.2, 0.25) is 0 Å².